The number of carbonyl (C=O) groups excluding carboxylic acids is 1. The van der Waals surface area contributed by atoms with Crippen LogP contribution in [0.3, 0.4) is 0 Å². The average molecular weight is 264 g/mol. The Hall–Kier alpha value is -1.23. The monoisotopic (exact) mass is 263 g/mol. The molecule has 0 saturated carbocycles. The van der Waals surface area contributed by atoms with Crippen molar-refractivity contribution in [2.24, 2.45) is 0 Å². The summed E-state index contributed by atoms with van der Waals surface area (Å²) in [5, 5.41) is -0.153. The van der Waals surface area contributed by atoms with Gasteiger partial charge in [0.25, 0.3) is 5.92 Å². The van der Waals surface area contributed by atoms with Gasteiger partial charge in [-0.3, -0.25) is 9.78 Å². The smallest absolute Gasteiger partial charge is 0.310 e. The highest BCUT2D eigenvalue weighted by molar-refractivity contribution is 6.31. The second kappa shape index (κ2) is 5.40. The van der Waals surface area contributed by atoms with Crippen molar-refractivity contribution < 1.29 is 18.3 Å². The molecule has 1 aromatic rings. The fourth-order valence-corrected chi connectivity index (χ4v) is 1.63. The molecular weight excluding hydrogens is 252 g/mol. The number of rotatable bonds is 4. The molecule has 0 aliphatic heterocycles. The Morgan fingerprint density at radius 1 is 1.59 bits per heavy atom. The Balaban J connectivity index is 2.86. The lowest BCUT2D eigenvalue weighted by Crippen LogP contribution is -2.12. The molecule has 1 rings (SSSR count). The lowest BCUT2D eigenvalue weighted by molar-refractivity contribution is -0.142. The van der Waals surface area contributed by atoms with E-state index in [2.05, 4.69) is 4.98 Å². The van der Waals surface area contributed by atoms with Gasteiger partial charge < -0.3 is 4.74 Å². The molecule has 0 unspecified atom stereocenters. The van der Waals surface area contributed by atoms with Gasteiger partial charge in [0.05, 0.1) is 18.1 Å². The zero-order valence-corrected chi connectivity index (χ0v) is 10.2. The molecule has 6 heteroatoms. The van der Waals surface area contributed by atoms with Crippen LogP contribution in [0.4, 0.5) is 8.78 Å². The Morgan fingerprint density at radius 2 is 2.24 bits per heavy atom. The highest BCUT2D eigenvalue weighted by Crippen LogP contribution is 2.31. The molecule has 0 saturated heterocycles. The van der Waals surface area contributed by atoms with E-state index in [1.165, 1.54) is 12.3 Å². The first-order chi connectivity index (χ1) is 7.84. The number of hydrogen-bond donors (Lipinski definition) is 0. The third-order valence-corrected chi connectivity index (χ3v) is 2.26. The molecule has 0 spiro atoms. The molecule has 3 nitrogen and oxygen atoms in total. The maximum Gasteiger partial charge on any atom is 0.310 e. The van der Waals surface area contributed by atoms with Crippen LogP contribution < -0.4 is 0 Å². The first kappa shape index (κ1) is 13.8. The van der Waals surface area contributed by atoms with E-state index in [0.29, 0.717) is 12.5 Å². The SMILES string of the molecule is CCOC(=O)Cc1cnc(C(C)(F)F)c(Cl)c1. The highest BCUT2D eigenvalue weighted by Gasteiger charge is 2.29. The Bertz CT molecular complexity index is 418. The van der Waals surface area contributed by atoms with Crippen molar-refractivity contribution in [1.82, 2.24) is 4.98 Å². The van der Waals surface area contributed by atoms with Crippen LogP contribution in [0, 0.1) is 0 Å². The Kier molecular flexibility index (Phi) is 4.40. The summed E-state index contributed by atoms with van der Waals surface area (Å²) in [4.78, 5) is 14.7. The minimum Gasteiger partial charge on any atom is -0.466 e. The number of pyridine rings is 1. The van der Waals surface area contributed by atoms with Crippen molar-refractivity contribution >= 4 is 17.6 Å². The van der Waals surface area contributed by atoms with Crippen LogP contribution in [-0.2, 0) is 21.9 Å². The number of alkyl halides is 2. The fourth-order valence-electron chi connectivity index (χ4n) is 1.28. The molecule has 0 N–H and O–H groups in total. The average Bonchev–Trinajstić information content (AvgIpc) is 2.15. The zero-order chi connectivity index (χ0) is 13.1. The molecule has 0 aromatic carbocycles. The maximum absolute atomic E-state index is 13.0. The van der Waals surface area contributed by atoms with Crippen molar-refractivity contribution in [2.45, 2.75) is 26.2 Å². The number of carbonyl (C=O) groups is 1. The maximum atomic E-state index is 13.0. The number of hydrogen-bond acceptors (Lipinski definition) is 3. The van der Waals surface area contributed by atoms with Gasteiger partial charge in [0.15, 0.2) is 0 Å². The quantitative estimate of drug-likeness (QED) is 0.784. The Labute approximate surface area is 103 Å². The molecule has 0 radical (unpaired) electrons. The van der Waals surface area contributed by atoms with Crippen molar-refractivity contribution in [3.8, 4) is 0 Å². The summed E-state index contributed by atoms with van der Waals surface area (Å²) in [6.07, 6.45) is 1.17. The predicted octanol–water partition coefficient (Wildman–Crippen LogP) is 2.95. The van der Waals surface area contributed by atoms with Crippen LogP contribution in [-0.4, -0.2) is 17.6 Å². The molecule has 0 bridgehead atoms. The molecule has 0 aliphatic carbocycles. The summed E-state index contributed by atoms with van der Waals surface area (Å²) in [7, 11) is 0. The molecule has 1 heterocycles. The van der Waals surface area contributed by atoms with E-state index in [-0.39, 0.29) is 18.1 Å². The summed E-state index contributed by atoms with van der Waals surface area (Å²) in [6, 6.07) is 1.30. The zero-order valence-electron chi connectivity index (χ0n) is 9.47. The van der Waals surface area contributed by atoms with Gasteiger partial charge in [-0.05, 0) is 18.6 Å². The van der Waals surface area contributed by atoms with Crippen LogP contribution in [0.1, 0.15) is 25.1 Å². The molecule has 0 fully saturated rings. The van der Waals surface area contributed by atoms with E-state index >= 15 is 0 Å². The lowest BCUT2D eigenvalue weighted by atomic mass is 10.1. The van der Waals surface area contributed by atoms with E-state index in [1.807, 2.05) is 0 Å². The second-order valence-corrected chi connectivity index (χ2v) is 3.95. The minimum atomic E-state index is -3.10. The van der Waals surface area contributed by atoms with Crippen molar-refractivity contribution in [1.29, 1.82) is 0 Å². The van der Waals surface area contributed by atoms with E-state index < -0.39 is 17.6 Å². The normalized spacial score (nSPS) is 11.4. The van der Waals surface area contributed by atoms with Crippen molar-refractivity contribution in [3.05, 3.63) is 28.5 Å². The number of aromatic nitrogens is 1. The van der Waals surface area contributed by atoms with Crippen LogP contribution in [0.25, 0.3) is 0 Å². The molecule has 17 heavy (non-hydrogen) atoms. The number of nitrogens with zero attached hydrogens (tertiary/aromatic N) is 1. The predicted molar refractivity (Wildman–Crippen MR) is 59.2 cm³/mol. The topological polar surface area (TPSA) is 39.2 Å². The molecule has 1 aromatic heterocycles. The van der Waals surface area contributed by atoms with Gasteiger partial charge in [-0.15, -0.1) is 0 Å². The van der Waals surface area contributed by atoms with Crippen molar-refractivity contribution in [3.63, 3.8) is 0 Å². The molecule has 0 atom stereocenters. The highest BCUT2D eigenvalue weighted by atomic mass is 35.5. The van der Waals surface area contributed by atoms with Gasteiger partial charge >= 0.3 is 5.97 Å². The Morgan fingerprint density at radius 3 is 2.71 bits per heavy atom. The van der Waals surface area contributed by atoms with Gasteiger partial charge in [0.1, 0.15) is 5.69 Å². The van der Waals surface area contributed by atoms with Gasteiger partial charge in [0, 0.05) is 13.1 Å². The number of esters is 1. The van der Waals surface area contributed by atoms with E-state index in [1.54, 1.807) is 6.92 Å². The molecular formula is C11H12ClF2NO2. The van der Waals surface area contributed by atoms with Crippen LogP contribution in [0.2, 0.25) is 5.02 Å². The van der Waals surface area contributed by atoms with Crippen LogP contribution in [0.15, 0.2) is 12.3 Å². The van der Waals surface area contributed by atoms with Crippen molar-refractivity contribution in [2.75, 3.05) is 6.61 Å². The fraction of sp³-hybridized carbons (Fsp3) is 0.455. The third-order valence-electron chi connectivity index (χ3n) is 1.97. The van der Waals surface area contributed by atoms with Gasteiger partial charge in [-0.25, -0.2) is 0 Å². The number of ether oxygens (including phenoxy) is 1. The van der Waals surface area contributed by atoms with Gasteiger partial charge in [0.2, 0.25) is 0 Å². The summed E-state index contributed by atoms with van der Waals surface area (Å²) < 4.78 is 30.7. The summed E-state index contributed by atoms with van der Waals surface area (Å²) in [5.74, 6) is -3.54. The molecule has 0 aliphatic rings. The van der Waals surface area contributed by atoms with Gasteiger partial charge in [-0.1, -0.05) is 11.6 Å². The third kappa shape index (κ3) is 3.93. The van der Waals surface area contributed by atoms with E-state index in [9.17, 15) is 13.6 Å². The summed E-state index contributed by atoms with van der Waals surface area (Å²) >= 11 is 5.68. The first-order valence-electron chi connectivity index (χ1n) is 5.03. The summed E-state index contributed by atoms with van der Waals surface area (Å²) in [6.45, 7) is 2.67. The minimum absolute atomic E-state index is 0.0316. The molecule has 94 valence electrons. The number of halogens is 3. The van der Waals surface area contributed by atoms with E-state index in [4.69, 9.17) is 16.3 Å². The second-order valence-electron chi connectivity index (χ2n) is 3.54. The molecule has 0 amide bonds. The van der Waals surface area contributed by atoms with Crippen LogP contribution >= 0.6 is 11.6 Å². The largest absolute Gasteiger partial charge is 0.466 e. The van der Waals surface area contributed by atoms with Gasteiger partial charge in [-0.2, -0.15) is 8.78 Å². The standard InChI is InChI=1S/C11H12ClF2NO2/c1-3-17-9(16)5-7-4-8(12)10(15-6-7)11(2,13)14/h4,6H,3,5H2,1-2H3. The summed E-state index contributed by atoms with van der Waals surface area (Å²) in [5.41, 5.74) is -0.0479. The van der Waals surface area contributed by atoms with Crippen LogP contribution in [0.5, 0.6) is 0 Å². The first-order valence-corrected chi connectivity index (χ1v) is 5.40. The van der Waals surface area contributed by atoms with E-state index in [0.717, 1.165) is 0 Å². The lowest BCUT2D eigenvalue weighted by Gasteiger charge is -2.12.